The first kappa shape index (κ1) is 23.9. The normalized spacial score (nSPS) is 14.6. The highest BCUT2D eigenvalue weighted by Crippen LogP contribution is 2.40. The van der Waals surface area contributed by atoms with Gasteiger partial charge in [-0.2, -0.15) is 0 Å². The molecule has 9 nitrogen and oxygen atoms in total. The van der Waals surface area contributed by atoms with Gasteiger partial charge in [-0.25, -0.2) is 0 Å². The number of carbonyl (C=O) groups excluding carboxylic acids is 1. The number of benzene rings is 3. The number of nitrogens with zero attached hydrogens (tertiary/aromatic N) is 4. The fraction of sp³-hybridized carbons (Fsp3) is 0.207. The molecule has 1 saturated heterocycles. The van der Waals surface area contributed by atoms with Crippen molar-refractivity contribution in [2.24, 2.45) is 10.2 Å². The Kier molecular flexibility index (Phi) is 6.36. The molecule has 0 unspecified atom stereocenters. The van der Waals surface area contributed by atoms with Crippen molar-refractivity contribution < 1.29 is 19.4 Å². The molecule has 0 atom stereocenters. The maximum atomic E-state index is 13.5. The van der Waals surface area contributed by atoms with E-state index in [1.807, 2.05) is 72.8 Å². The number of carbonyl (C=O) groups is 1. The Morgan fingerprint density at radius 3 is 2.58 bits per heavy atom. The highest BCUT2D eigenvalue weighted by Gasteiger charge is 2.22. The predicted molar refractivity (Wildman–Crippen MR) is 145 cm³/mol. The number of amides is 1. The van der Waals surface area contributed by atoms with Gasteiger partial charge in [-0.1, -0.05) is 48.5 Å². The van der Waals surface area contributed by atoms with Crippen molar-refractivity contribution in [3.63, 3.8) is 0 Å². The van der Waals surface area contributed by atoms with Gasteiger partial charge in [-0.05, 0) is 29.8 Å². The second kappa shape index (κ2) is 10.1. The number of morpholine rings is 1. The molecule has 0 spiro atoms. The zero-order valence-electron chi connectivity index (χ0n) is 20.9. The quantitative estimate of drug-likeness (QED) is 0.285. The molecular formula is C29H27N5O4. The molecule has 0 saturated carbocycles. The van der Waals surface area contributed by atoms with Gasteiger partial charge in [-0.3, -0.25) is 14.3 Å². The van der Waals surface area contributed by atoms with Gasteiger partial charge in [0.05, 0.1) is 32.5 Å². The summed E-state index contributed by atoms with van der Waals surface area (Å²) in [6.07, 6.45) is 0. The first-order valence-corrected chi connectivity index (χ1v) is 12.5. The van der Waals surface area contributed by atoms with Crippen LogP contribution >= 0.6 is 0 Å². The van der Waals surface area contributed by atoms with E-state index in [2.05, 4.69) is 20.1 Å². The topological polar surface area (TPSA) is 104 Å². The molecule has 1 aliphatic rings. The lowest BCUT2D eigenvalue weighted by molar-refractivity contribution is 0.0231. The zero-order chi connectivity index (χ0) is 26.1. The van der Waals surface area contributed by atoms with Crippen LogP contribution in [0, 0.1) is 0 Å². The maximum Gasteiger partial charge on any atom is 0.312 e. The van der Waals surface area contributed by atoms with Crippen molar-refractivity contribution in [1.29, 1.82) is 0 Å². The van der Waals surface area contributed by atoms with Crippen LogP contribution in [-0.2, 0) is 11.4 Å². The van der Waals surface area contributed by atoms with Crippen LogP contribution in [0.1, 0.15) is 10.5 Å². The molecule has 1 amide bonds. The minimum Gasteiger partial charge on any atom is -0.497 e. The van der Waals surface area contributed by atoms with Gasteiger partial charge in [-0.15, -0.1) is 10.2 Å². The van der Waals surface area contributed by atoms with Crippen LogP contribution in [-0.4, -0.2) is 58.9 Å². The van der Waals surface area contributed by atoms with Gasteiger partial charge in [0.25, 0.3) is 0 Å². The van der Waals surface area contributed by atoms with E-state index >= 15 is 0 Å². The summed E-state index contributed by atoms with van der Waals surface area (Å²) in [5.41, 5.74) is 3.78. The average Bonchev–Trinajstić information content (AvgIpc) is 3.47. The molecule has 1 aliphatic heterocycles. The molecule has 1 fully saturated rings. The SMILES string of the molecule is COc1ccc2[nH]c(C(=O)N=Nc3c(O)n(CN4CCOCC4)c4ccccc34)c(-c3ccccc3)c2c1. The third-order valence-electron chi connectivity index (χ3n) is 6.89. The Labute approximate surface area is 218 Å². The number of aromatic nitrogens is 2. The average molecular weight is 510 g/mol. The lowest BCUT2D eigenvalue weighted by atomic mass is 10.0. The number of nitrogens with one attached hydrogen (secondary N) is 1. The molecule has 0 bridgehead atoms. The second-order valence-electron chi connectivity index (χ2n) is 9.15. The Balaban J connectivity index is 1.40. The lowest BCUT2D eigenvalue weighted by Gasteiger charge is -2.27. The molecule has 38 heavy (non-hydrogen) atoms. The molecule has 6 rings (SSSR count). The van der Waals surface area contributed by atoms with Gasteiger partial charge in [0.2, 0.25) is 5.88 Å². The van der Waals surface area contributed by atoms with E-state index in [9.17, 15) is 9.90 Å². The molecule has 5 aromatic rings. The Morgan fingerprint density at radius 2 is 1.79 bits per heavy atom. The Hall–Kier alpha value is -4.47. The summed E-state index contributed by atoms with van der Waals surface area (Å²) in [6.45, 7) is 3.34. The standard InChI is InChI=1S/C29H27N5O4/c1-37-20-11-12-23-22(17-20)25(19-7-3-2-4-8-19)27(30-23)28(35)32-31-26-21-9-5-6-10-24(21)34(29(26)36)18-33-13-15-38-16-14-33/h2-12,17,30,36H,13-16,18H2,1H3. The number of methoxy groups -OCH3 is 1. The van der Waals surface area contributed by atoms with Crippen molar-refractivity contribution in [3.05, 3.63) is 78.5 Å². The predicted octanol–water partition coefficient (Wildman–Crippen LogP) is 5.72. The largest absolute Gasteiger partial charge is 0.497 e. The highest BCUT2D eigenvalue weighted by molar-refractivity contribution is 6.10. The van der Waals surface area contributed by atoms with Gasteiger partial charge in [0.15, 0.2) is 5.69 Å². The number of H-pyrrole nitrogens is 1. The fourth-order valence-electron chi connectivity index (χ4n) is 4.96. The number of para-hydroxylation sites is 1. The summed E-state index contributed by atoms with van der Waals surface area (Å²) in [7, 11) is 1.61. The van der Waals surface area contributed by atoms with Gasteiger partial charge in [0, 0.05) is 34.9 Å². The summed E-state index contributed by atoms with van der Waals surface area (Å²) in [6, 6.07) is 22.9. The number of hydrogen-bond acceptors (Lipinski definition) is 6. The van der Waals surface area contributed by atoms with Crippen LogP contribution in [0.15, 0.2) is 83.0 Å². The van der Waals surface area contributed by atoms with Crippen LogP contribution in [0.3, 0.4) is 0 Å². The molecular weight excluding hydrogens is 482 g/mol. The molecule has 192 valence electrons. The second-order valence-corrected chi connectivity index (χ2v) is 9.15. The molecule has 9 heteroatoms. The van der Waals surface area contributed by atoms with Crippen LogP contribution in [0.5, 0.6) is 11.6 Å². The van der Waals surface area contributed by atoms with Crippen molar-refractivity contribution in [3.8, 4) is 22.8 Å². The van der Waals surface area contributed by atoms with Gasteiger partial charge < -0.3 is 19.6 Å². The molecule has 3 aromatic carbocycles. The van der Waals surface area contributed by atoms with Crippen LogP contribution in [0.2, 0.25) is 0 Å². The fourth-order valence-corrected chi connectivity index (χ4v) is 4.96. The summed E-state index contributed by atoms with van der Waals surface area (Å²) >= 11 is 0. The molecule has 0 aliphatic carbocycles. The van der Waals surface area contributed by atoms with Crippen molar-refractivity contribution in [1.82, 2.24) is 14.5 Å². The summed E-state index contributed by atoms with van der Waals surface area (Å²) in [5, 5.41) is 21.1. The van der Waals surface area contributed by atoms with E-state index in [1.54, 1.807) is 11.7 Å². The minimum atomic E-state index is -0.538. The van der Waals surface area contributed by atoms with E-state index in [0.29, 0.717) is 31.3 Å². The maximum absolute atomic E-state index is 13.5. The van der Waals surface area contributed by atoms with Crippen LogP contribution < -0.4 is 4.74 Å². The van der Waals surface area contributed by atoms with E-state index in [0.717, 1.165) is 46.0 Å². The first-order chi connectivity index (χ1) is 18.6. The van der Waals surface area contributed by atoms with Crippen LogP contribution in [0.4, 0.5) is 5.69 Å². The lowest BCUT2D eigenvalue weighted by Crippen LogP contribution is -2.37. The van der Waals surface area contributed by atoms with Crippen molar-refractivity contribution in [2.75, 3.05) is 33.4 Å². The number of rotatable bonds is 6. The first-order valence-electron chi connectivity index (χ1n) is 12.5. The number of hydrogen-bond donors (Lipinski definition) is 2. The smallest absolute Gasteiger partial charge is 0.312 e. The number of aromatic hydroxyl groups is 1. The monoisotopic (exact) mass is 509 g/mol. The number of ether oxygens (including phenoxy) is 2. The molecule has 3 heterocycles. The van der Waals surface area contributed by atoms with Crippen LogP contribution in [0.25, 0.3) is 32.9 Å². The minimum absolute atomic E-state index is 0.0288. The van der Waals surface area contributed by atoms with E-state index < -0.39 is 5.91 Å². The number of fused-ring (bicyclic) bond motifs is 2. The number of azo groups is 1. The van der Waals surface area contributed by atoms with Crippen molar-refractivity contribution in [2.45, 2.75) is 6.67 Å². The van der Waals surface area contributed by atoms with E-state index in [4.69, 9.17) is 9.47 Å². The molecule has 2 aromatic heterocycles. The summed E-state index contributed by atoms with van der Waals surface area (Å²) < 4.78 is 12.7. The summed E-state index contributed by atoms with van der Waals surface area (Å²) in [5.74, 6) is 0.120. The Morgan fingerprint density at radius 1 is 1.03 bits per heavy atom. The van der Waals surface area contributed by atoms with E-state index in [-0.39, 0.29) is 11.6 Å². The number of aromatic amines is 1. The zero-order valence-corrected chi connectivity index (χ0v) is 20.9. The summed E-state index contributed by atoms with van der Waals surface area (Å²) in [4.78, 5) is 18.9. The Bertz CT molecular complexity index is 1650. The molecule has 0 radical (unpaired) electrons. The third kappa shape index (κ3) is 4.31. The highest BCUT2D eigenvalue weighted by atomic mass is 16.5. The van der Waals surface area contributed by atoms with Gasteiger partial charge in [0.1, 0.15) is 11.4 Å². The van der Waals surface area contributed by atoms with Crippen molar-refractivity contribution >= 4 is 33.4 Å². The molecule has 2 N–H and O–H groups in total. The van der Waals surface area contributed by atoms with E-state index in [1.165, 1.54) is 0 Å². The van der Waals surface area contributed by atoms with Gasteiger partial charge >= 0.3 is 5.91 Å². The third-order valence-corrected chi connectivity index (χ3v) is 6.89.